The van der Waals surface area contributed by atoms with E-state index in [-0.39, 0.29) is 11.9 Å². The van der Waals surface area contributed by atoms with Gasteiger partial charge in [-0.05, 0) is 25.3 Å². The Morgan fingerprint density at radius 2 is 2.20 bits per heavy atom. The molecule has 1 unspecified atom stereocenters. The Balaban J connectivity index is 2.65. The van der Waals surface area contributed by atoms with E-state index in [0.29, 0.717) is 11.3 Å². The Kier molecular flexibility index (Phi) is 4.49. The molecule has 82 valence electrons. The molecule has 1 amide bonds. The highest BCUT2D eigenvalue weighted by atomic mass is 32.2. The number of hydrogen-bond donors (Lipinski definition) is 2. The number of para-hydroxylation sites is 1. The molecule has 15 heavy (non-hydrogen) atoms. The van der Waals surface area contributed by atoms with E-state index < -0.39 is 0 Å². The number of carbonyl (C=O) groups excluding carboxylic acids is 1. The van der Waals surface area contributed by atoms with Gasteiger partial charge in [0.05, 0.1) is 5.56 Å². The maximum absolute atomic E-state index is 11.8. The molecule has 0 bridgehead atoms. The van der Waals surface area contributed by atoms with Crippen molar-refractivity contribution < 1.29 is 4.79 Å². The first-order chi connectivity index (χ1) is 7.15. The third-order valence-corrected chi connectivity index (χ3v) is 2.83. The Hall–Kier alpha value is -1.16. The largest absolute Gasteiger partial charge is 0.398 e. The van der Waals surface area contributed by atoms with Crippen LogP contribution < -0.4 is 11.1 Å². The van der Waals surface area contributed by atoms with Gasteiger partial charge in [-0.2, -0.15) is 11.8 Å². The van der Waals surface area contributed by atoms with Gasteiger partial charge in [-0.15, -0.1) is 0 Å². The molecule has 0 aliphatic heterocycles. The van der Waals surface area contributed by atoms with Gasteiger partial charge in [0.2, 0.25) is 0 Å². The summed E-state index contributed by atoms with van der Waals surface area (Å²) in [5.41, 5.74) is 6.77. The minimum absolute atomic E-state index is 0.102. The van der Waals surface area contributed by atoms with E-state index in [1.807, 2.05) is 25.3 Å². The van der Waals surface area contributed by atoms with Crippen molar-refractivity contribution in [2.24, 2.45) is 0 Å². The van der Waals surface area contributed by atoms with Crippen LogP contribution >= 0.6 is 11.8 Å². The molecule has 1 aromatic carbocycles. The summed E-state index contributed by atoms with van der Waals surface area (Å²) in [6.07, 6.45) is 2.01. The molecular formula is C11H16N2OS. The van der Waals surface area contributed by atoms with Gasteiger partial charge in [-0.3, -0.25) is 4.79 Å². The van der Waals surface area contributed by atoms with Crippen molar-refractivity contribution in [3.8, 4) is 0 Å². The monoisotopic (exact) mass is 224 g/mol. The van der Waals surface area contributed by atoms with Crippen molar-refractivity contribution in [1.82, 2.24) is 5.32 Å². The van der Waals surface area contributed by atoms with Crippen LogP contribution in [-0.4, -0.2) is 24.0 Å². The second kappa shape index (κ2) is 5.66. The predicted molar refractivity (Wildman–Crippen MR) is 66.2 cm³/mol. The van der Waals surface area contributed by atoms with Crippen molar-refractivity contribution in [1.29, 1.82) is 0 Å². The lowest BCUT2D eigenvalue weighted by molar-refractivity contribution is 0.0944. The van der Waals surface area contributed by atoms with E-state index in [0.717, 1.165) is 5.75 Å². The van der Waals surface area contributed by atoms with Crippen molar-refractivity contribution in [3.63, 3.8) is 0 Å². The zero-order chi connectivity index (χ0) is 11.3. The summed E-state index contributed by atoms with van der Waals surface area (Å²) in [6.45, 7) is 1.98. The maximum atomic E-state index is 11.8. The standard InChI is InChI=1S/C11H16N2OS/c1-8(7-15-2)13-11(14)9-5-3-4-6-10(9)12/h3-6,8H,7,12H2,1-2H3,(H,13,14). The van der Waals surface area contributed by atoms with Gasteiger partial charge < -0.3 is 11.1 Å². The number of nitrogens with one attached hydrogen (secondary N) is 1. The quantitative estimate of drug-likeness (QED) is 0.766. The molecule has 0 spiro atoms. The molecule has 1 rings (SSSR count). The van der Waals surface area contributed by atoms with Gasteiger partial charge in [-0.1, -0.05) is 12.1 Å². The van der Waals surface area contributed by atoms with Crippen molar-refractivity contribution in [3.05, 3.63) is 29.8 Å². The number of benzene rings is 1. The first kappa shape index (κ1) is 11.9. The van der Waals surface area contributed by atoms with Gasteiger partial charge in [-0.25, -0.2) is 0 Å². The Labute approximate surface area is 94.4 Å². The first-order valence-corrected chi connectivity index (χ1v) is 6.19. The molecule has 1 atom stereocenters. The number of nitrogens with two attached hydrogens (primary N) is 1. The van der Waals surface area contributed by atoms with E-state index in [2.05, 4.69) is 5.32 Å². The van der Waals surface area contributed by atoms with E-state index in [4.69, 9.17) is 5.73 Å². The molecular weight excluding hydrogens is 208 g/mol. The average molecular weight is 224 g/mol. The van der Waals surface area contributed by atoms with Gasteiger partial charge in [0.15, 0.2) is 0 Å². The fourth-order valence-electron chi connectivity index (χ4n) is 1.30. The Morgan fingerprint density at radius 1 is 1.53 bits per heavy atom. The average Bonchev–Trinajstić information content (AvgIpc) is 2.18. The van der Waals surface area contributed by atoms with Crippen LogP contribution in [0, 0.1) is 0 Å². The van der Waals surface area contributed by atoms with Gasteiger partial charge in [0.1, 0.15) is 0 Å². The smallest absolute Gasteiger partial charge is 0.253 e. The van der Waals surface area contributed by atoms with Crippen LogP contribution in [0.15, 0.2) is 24.3 Å². The highest BCUT2D eigenvalue weighted by Gasteiger charge is 2.11. The van der Waals surface area contributed by atoms with E-state index >= 15 is 0 Å². The van der Waals surface area contributed by atoms with Crippen LogP contribution in [0.5, 0.6) is 0 Å². The third-order valence-electron chi connectivity index (χ3n) is 2.00. The molecule has 4 heteroatoms. The summed E-state index contributed by atoms with van der Waals surface area (Å²) in [5.74, 6) is 0.799. The van der Waals surface area contributed by atoms with Crippen molar-refractivity contribution in [2.45, 2.75) is 13.0 Å². The summed E-state index contributed by atoms with van der Waals surface area (Å²) in [6, 6.07) is 7.25. The number of hydrogen-bond acceptors (Lipinski definition) is 3. The highest BCUT2D eigenvalue weighted by molar-refractivity contribution is 7.98. The lowest BCUT2D eigenvalue weighted by Crippen LogP contribution is -2.34. The molecule has 0 saturated carbocycles. The molecule has 0 heterocycles. The predicted octanol–water partition coefficient (Wildman–Crippen LogP) is 1.75. The van der Waals surface area contributed by atoms with Crippen LogP contribution in [-0.2, 0) is 0 Å². The minimum Gasteiger partial charge on any atom is -0.398 e. The van der Waals surface area contributed by atoms with Gasteiger partial charge in [0, 0.05) is 17.5 Å². The Morgan fingerprint density at radius 3 is 2.80 bits per heavy atom. The number of carbonyl (C=O) groups is 1. The van der Waals surface area contributed by atoms with Crippen LogP contribution in [0.4, 0.5) is 5.69 Å². The lowest BCUT2D eigenvalue weighted by Gasteiger charge is -2.13. The van der Waals surface area contributed by atoms with Crippen LogP contribution in [0.2, 0.25) is 0 Å². The molecule has 3 nitrogen and oxygen atoms in total. The molecule has 3 N–H and O–H groups in total. The van der Waals surface area contributed by atoms with Gasteiger partial charge in [0.25, 0.3) is 5.91 Å². The molecule has 0 aromatic heterocycles. The number of thioether (sulfide) groups is 1. The SMILES string of the molecule is CSCC(C)NC(=O)c1ccccc1N. The van der Waals surface area contributed by atoms with Crippen LogP contribution in [0.25, 0.3) is 0 Å². The highest BCUT2D eigenvalue weighted by Crippen LogP contribution is 2.10. The summed E-state index contributed by atoms with van der Waals surface area (Å²) < 4.78 is 0. The summed E-state index contributed by atoms with van der Waals surface area (Å²) >= 11 is 1.71. The number of amides is 1. The minimum atomic E-state index is -0.102. The molecule has 0 saturated heterocycles. The zero-order valence-electron chi connectivity index (χ0n) is 8.99. The van der Waals surface area contributed by atoms with E-state index in [9.17, 15) is 4.79 Å². The third kappa shape index (κ3) is 3.47. The summed E-state index contributed by atoms with van der Waals surface area (Å²) in [7, 11) is 0. The second-order valence-electron chi connectivity index (χ2n) is 3.42. The van der Waals surface area contributed by atoms with Gasteiger partial charge >= 0.3 is 0 Å². The maximum Gasteiger partial charge on any atom is 0.253 e. The Bertz CT molecular complexity index is 341. The summed E-state index contributed by atoms with van der Waals surface area (Å²) in [4.78, 5) is 11.8. The lowest BCUT2D eigenvalue weighted by atomic mass is 10.1. The molecule has 0 aliphatic rings. The number of anilines is 1. The molecule has 0 fully saturated rings. The number of rotatable bonds is 4. The molecule has 0 radical (unpaired) electrons. The van der Waals surface area contributed by atoms with E-state index in [1.165, 1.54) is 0 Å². The second-order valence-corrected chi connectivity index (χ2v) is 4.33. The fraction of sp³-hybridized carbons (Fsp3) is 0.364. The molecule has 0 aliphatic carbocycles. The molecule has 1 aromatic rings. The van der Waals surface area contributed by atoms with Crippen LogP contribution in [0.1, 0.15) is 17.3 Å². The number of nitrogen functional groups attached to an aromatic ring is 1. The topological polar surface area (TPSA) is 55.1 Å². The zero-order valence-corrected chi connectivity index (χ0v) is 9.80. The first-order valence-electron chi connectivity index (χ1n) is 4.79. The summed E-state index contributed by atoms with van der Waals surface area (Å²) in [5, 5.41) is 2.90. The van der Waals surface area contributed by atoms with Crippen molar-refractivity contribution in [2.75, 3.05) is 17.7 Å². The van der Waals surface area contributed by atoms with E-state index in [1.54, 1.807) is 23.9 Å². The normalized spacial score (nSPS) is 12.1. The van der Waals surface area contributed by atoms with Crippen molar-refractivity contribution >= 4 is 23.4 Å². The fourth-order valence-corrected chi connectivity index (χ4v) is 1.88. The van der Waals surface area contributed by atoms with Crippen LogP contribution in [0.3, 0.4) is 0 Å².